The molecule has 0 heterocycles. The third-order valence-electron chi connectivity index (χ3n) is 4.13. The van der Waals surface area contributed by atoms with Gasteiger partial charge in [0.05, 0.1) is 0 Å². The van der Waals surface area contributed by atoms with Crippen molar-refractivity contribution in [2.45, 2.75) is 52.0 Å². The van der Waals surface area contributed by atoms with Crippen LogP contribution in [0.25, 0.3) is 0 Å². The minimum absolute atomic E-state index is 0.630. The van der Waals surface area contributed by atoms with Gasteiger partial charge >= 0.3 is 0 Å². The molecule has 98 valence electrons. The number of allylic oxidation sites excluding steroid dienone is 2. The molecule has 0 saturated heterocycles. The summed E-state index contributed by atoms with van der Waals surface area (Å²) >= 11 is 0. The normalized spacial score (nSPS) is 24.9. The van der Waals surface area contributed by atoms with Crippen LogP contribution in [0.2, 0.25) is 0 Å². The van der Waals surface area contributed by atoms with Crippen molar-refractivity contribution in [1.82, 2.24) is 0 Å². The van der Waals surface area contributed by atoms with E-state index in [1.807, 2.05) is 0 Å². The highest BCUT2D eigenvalue weighted by Crippen LogP contribution is 2.27. The molecule has 0 saturated carbocycles. The van der Waals surface area contributed by atoms with Crippen molar-refractivity contribution in [2.24, 2.45) is 5.92 Å². The van der Waals surface area contributed by atoms with Crippen molar-refractivity contribution in [3.8, 4) is 0 Å². The molecule has 2 atom stereocenters. The molecule has 18 heavy (non-hydrogen) atoms. The Morgan fingerprint density at radius 3 is 2.61 bits per heavy atom. The molecule has 1 heteroatoms. The first kappa shape index (κ1) is 13.2. The topological polar surface area (TPSA) is 12.0 Å². The summed E-state index contributed by atoms with van der Waals surface area (Å²) in [4.78, 5) is 0. The molecule has 0 aliphatic heterocycles. The van der Waals surface area contributed by atoms with E-state index >= 15 is 0 Å². The quantitative estimate of drug-likeness (QED) is 0.735. The van der Waals surface area contributed by atoms with Crippen LogP contribution in [0.1, 0.15) is 46.0 Å². The molecule has 0 spiro atoms. The highest BCUT2D eigenvalue weighted by atomic mass is 14.9. The van der Waals surface area contributed by atoms with Gasteiger partial charge in [0.25, 0.3) is 0 Å². The highest BCUT2D eigenvalue weighted by molar-refractivity contribution is 5.43. The Morgan fingerprint density at radius 1 is 1.11 bits per heavy atom. The fourth-order valence-electron chi connectivity index (χ4n) is 2.89. The summed E-state index contributed by atoms with van der Waals surface area (Å²) in [5.41, 5.74) is 2.87. The summed E-state index contributed by atoms with van der Waals surface area (Å²) in [5.74, 6) is 0.797. The van der Waals surface area contributed by atoms with E-state index in [4.69, 9.17) is 0 Å². The first-order valence-corrected chi connectivity index (χ1v) is 7.28. The van der Waals surface area contributed by atoms with Gasteiger partial charge < -0.3 is 5.32 Å². The first-order chi connectivity index (χ1) is 8.79. The lowest BCUT2D eigenvalue weighted by Gasteiger charge is -2.25. The van der Waals surface area contributed by atoms with Crippen LogP contribution >= 0.6 is 0 Å². The Morgan fingerprint density at radius 2 is 1.89 bits per heavy atom. The summed E-state index contributed by atoms with van der Waals surface area (Å²) in [7, 11) is 0. The number of hydrogen-bond acceptors (Lipinski definition) is 1. The van der Waals surface area contributed by atoms with Gasteiger partial charge in [0.2, 0.25) is 0 Å². The van der Waals surface area contributed by atoms with Crippen molar-refractivity contribution in [3.05, 3.63) is 42.0 Å². The number of para-hydroxylation sites is 1. The standard InChI is InChI=1S/C17H25N/c1-3-15-12-13-17(11-7-8-14(15)2)18-16-9-5-4-6-10-16/h4-6,8-10,15,17-18H,3,7,11-13H2,1-2H3. The van der Waals surface area contributed by atoms with Crippen LogP contribution in [-0.2, 0) is 0 Å². The maximum Gasteiger partial charge on any atom is 0.0342 e. The third-order valence-corrected chi connectivity index (χ3v) is 4.13. The number of nitrogens with one attached hydrogen (secondary N) is 1. The van der Waals surface area contributed by atoms with Gasteiger partial charge in [0, 0.05) is 11.7 Å². The minimum atomic E-state index is 0.630. The number of rotatable bonds is 3. The van der Waals surface area contributed by atoms with Gasteiger partial charge in [-0.1, -0.05) is 36.8 Å². The molecule has 0 bridgehead atoms. The third kappa shape index (κ3) is 3.63. The van der Waals surface area contributed by atoms with Crippen LogP contribution in [0.5, 0.6) is 0 Å². The predicted octanol–water partition coefficient (Wildman–Crippen LogP) is 5.01. The Hall–Kier alpha value is -1.24. The van der Waals surface area contributed by atoms with Crippen molar-refractivity contribution in [1.29, 1.82) is 0 Å². The SMILES string of the molecule is CCC1CCC(Nc2ccccc2)CCC=C1C. The van der Waals surface area contributed by atoms with Crippen molar-refractivity contribution in [3.63, 3.8) is 0 Å². The monoisotopic (exact) mass is 243 g/mol. The van der Waals surface area contributed by atoms with Crippen molar-refractivity contribution >= 4 is 5.69 Å². The fraction of sp³-hybridized carbons (Fsp3) is 0.529. The molecular formula is C17H25N. The lowest BCUT2D eigenvalue weighted by molar-refractivity contribution is 0.462. The highest BCUT2D eigenvalue weighted by Gasteiger charge is 2.16. The van der Waals surface area contributed by atoms with Crippen molar-refractivity contribution < 1.29 is 0 Å². The van der Waals surface area contributed by atoms with E-state index in [9.17, 15) is 0 Å². The van der Waals surface area contributed by atoms with Gasteiger partial charge in [-0.3, -0.25) is 0 Å². The maximum atomic E-state index is 3.68. The van der Waals surface area contributed by atoms with E-state index in [1.54, 1.807) is 5.57 Å². The molecule has 1 nitrogen and oxygen atoms in total. The molecule has 2 rings (SSSR count). The fourth-order valence-corrected chi connectivity index (χ4v) is 2.89. The molecular weight excluding hydrogens is 218 g/mol. The largest absolute Gasteiger partial charge is 0.382 e. The van der Waals surface area contributed by atoms with Gasteiger partial charge in [0.1, 0.15) is 0 Å². The average molecular weight is 243 g/mol. The Bertz CT molecular complexity index is 380. The zero-order valence-electron chi connectivity index (χ0n) is 11.7. The summed E-state index contributed by atoms with van der Waals surface area (Å²) in [6.45, 7) is 4.61. The van der Waals surface area contributed by atoms with Crippen LogP contribution in [0.15, 0.2) is 42.0 Å². The maximum absolute atomic E-state index is 3.68. The van der Waals surface area contributed by atoms with E-state index in [1.165, 1.54) is 37.8 Å². The molecule has 0 amide bonds. The Balaban J connectivity index is 1.95. The predicted molar refractivity (Wildman–Crippen MR) is 79.9 cm³/mol. The van der Waals surface area contributed by atoms with E-state index in [2.05, 4.69) is 55.6 Å². The summed E-state index contributed by atoms with van der Waals surface area (Å²) < 4.78 is 0. The lowest BCUT2D eigenvalue weighted by Crippen LogP contribution is -2.22. The van der Waals surface area contributed by atoms with Gasteiger partial charge in [-0.05, 0) is 57.1 Å². The Labute approximate surface area is 111 Å². The number of benzene rings is 1. The smallest absolute Gasteiger partial charge is 0.0342 e. The van der Waals surface area contributed by atoms with Crippen molar-refractivity contribution in [2.75, 3.05) is 5.32 Å². The summed E-state index contributed by atoms with van der Waals surface area (Å²) in [6.07, 6.45) is 8.81. The second-order valence-electron chi connectivity index (χ2n) is 5.42. The molecule has 1 aliphatic rings. The molecule has 0 fully saturated rings. The number of hydrogen-bond donors (Lipinski definition) is 1. The van der Waals surface area contributed by atoms with E-state index in [0.717, 1.165) is 5.92 Å². The van der Waals surface area contributed by atoms with Crippen LogP contribution in [0.3, 0.4) is 0 Å². The zero-order chi connectivity index (χ0) is 12.8. The molecule has 0 aromatic heterocycles. The van der Waals surface area contributed by atoms with Gasteiger partial charge in [0.15, 0.2) is 0 Å². The zero-order valence-corrected chi connectivity index (χ0v) is 11.7. The minimum Gasteiger partial charge on any atom is -0.382 e. The van der Waals surface area contributed by atoms with E-state index in [-0.39, 0.29) is 0 Å². The van der Waals surface area contributed by atoms with E-state index < -0.39 is 0 Å². The van der Waals surface area contributed by atoms with Gasteiger partial charge in [-0.15, -0.1) is 0 Å². The summed E-state index contributed by atoms with van der Waals surface area (Å²) in [5, 5.41) is 3.68. The Kier molecular flexibility index (Phi) is 4.86. The van der Waals surface area contributed by atoms with Crippen LogP contribution in [-0.4, -0.2) is 6.04 Å². The molecule has 1 aromatic rings. The molecule has 1 aromatic carbocycles. The van der Waals surface area contributed by atoms with Crippen LogP contribution < -0.4 is 5.32 Å². The van der Waals surface area contributed by atoms with Gasteiger partial charge in [-0.25, -0.2) is 0 Å². The average Bonchev–Trinajstić information content (AvgIpc) is 2.38. The summed E-state index contributed by atoms with van der Waals surface area (Å²) in [6, 6.07) is 11.2. The van der Waals surface area contributed by atoms with Gasteiger partial charge in [-0.2, -0.15) is 0 Å². The second-order valence-corrected chi connectivity index (χ2v) is 5.42. The molecule has 2 unspecified atom stereocenters. The van der Waals surface area contributed by atoms with E-state index in [0.29, 0.717) is 6.04 Å². The first-order valence-electron chi connectivity index (χ1n) is 7.28. The van der Waals surface area contributed by atoms with Crippen LogP contribution in [0.4, 0.5) is 5.69 Å². The molecule has 0 radical (unpaired) electrons. The molecule has 1 N–H and O–H groups in total. The lowest BCUT2D eigenvalue weighted by atomic mass is 9.86. The second kappa shape index (κ2) is 6.63. The van der Waals surface area contributed by atoms with Crippen LogP contribution in [0, 0.1) is 5.92 Å². The molecule has 1 aliphatic carbocycles. The number of anilines is 1.